The topological polar surface area (TPSA) is 3.24 Å². The molecule has 254 valence electrons. The fourth-order valence-electron chi connectivity index (χ4n) is 7.83. The summed E-state index contributed by atoms with van der Waals surface area (Å²) in [5.41, 5.74) is 13.1. The molecule has 0 saturated heterocycles. The van der Waals surface area contributed by atoms with Crippen LogP contribution in [0.3, 0.4) is 0 Å². The molecule has 0 saturated carbocycles. The second kappa shape index (κ2) is 13.7. The van der Waals surface area contributed by atoms with Gasteiger partial charge in [0.2, 0.25) is 0 Å². The molecule has 0 amide bonds. The van der Waals surface area contributed by atoms with Gasteiger partial charge in [-0.05, 0) is 86.1 Å². The van der Waals surface area contributed by atoms with Gasteiger partial charge in [0.25, 0.3) is 0 Å². The van der Waals surface area contributed by atoms with Crippen LogP contribution in [-0.4, -0.2) is 0 Å². The van der Waals surface area contributed by atoms with Crippen LogP contribution in [0.15, 0.2) is 212 Å². The van der Waals surface area contributed by atoms with E-state index in [9.17, 15) is 0 Å². The fraction of sp³-hybridized carbons (Fsp3) is 0. The third kappa shape index (κ3) is 5.74. The Morgan fingerprint density at radius 2 is 0.815 bits per heavy atom. The summed E-state index contributed by atoms with van der Waals surface area (Å²) in [7, 11) is 0. The third-order valence-electron chi connectivity index (χ3n) is 10.5. The van der Waals surface area contributed by atoms with E-state index in [4.69, 9.17) is 0 Å². The van der Waals surface area contributed by atoms with E-state index in [0.717, 1.165) is 17.1 Å². The zero-order valence-corrected chi connectivity index (χ0v) is 30.4. The first-order valence-electron chi connectivity index (χ1n) is 18.4. The van der Waals surface area contributed by atoms with Crippen LogP contribution in [0, 0.1) is 0 Å². The predicted octanol–water partition coefficient (Wildman–Crippen LogP) is 15.3. The first-order valence-corrected chi connectivity index (χ1v) is 19.2. The molecule has 0 unspecified atom stereocenters. The van der Waals surface area contributed by atoms with E-state index in [2.05, 4.69) is 217 Å². The maximum atomic E-state index is 2.44. The SMILES string of the molecule is c1ccc(-c2ccc(-c3c(N(c4ccc(-c5ccccc5)cc4)c4ccc(-c5cccc6ccccc56)cc4)ccc4c3sc3ccccc34)cc2)cc1. The highest BCUT2D eigenvalue weighted by Gasteiger charge is 2.22. The molecule has 10 aromatic rings. The van der Waals surface area contributed by atoms with E-state index >= 15 is 0 Å². The Bertz CT molecular complexity index is 2880. The van der Waals surface area contributed by atoms with Crippen molar-refractivity contribution in [3.8, 4) is 44.5 Å². The molecule has 0 atom stereocenters. The smallest absolute Gasteiger partial charge is 0.0554 e. The molecule has 0 fully saturated rings. The number of hydrogen-bond acceptors (Lipinski definition) is 2. The van der Waals surface area contributed by atoms with Crippen molar-refractivity contribution in [2.24, 2.45) is 0 Å². The zero-order valence-electron chi connectivity index (χ0n) is 29.6. The van der Waals surface area contributed by atoms with Gasteiger partial charge in [-0.1, -0.05) is 176 Å². The van der Waals surface area contributed by atoms with Gasteiger partial charge < -0.3 is 4.90 Å². The summed E-state index contributed by atoms with van der Waals surface area (Å²) >= 11 is 1.88. The van der Waals surface area contributed by atoms with Crippen LogP contribution in [0.4, 0.5) is 17.1 Å². The Balaban J connectivity index is 1.18. The molecule has 2 heteroatoms. The summed E-state index contributed by atoms with van der Waals surface area (Å²) in [4.78, 5) is 2.44. The molecule has 9 aromatic carbocycles. The Labute approximate surface area is 319 Å². The van der Waals surface area contributed by atoms with Crippen molar-refractivity contribution in [3.05, 3.63) is 212 Å². The molecule has 54 heavy (non-hydrogen) atoms. The molecular formula is C52H35NS. The van der Waals surface area contributed by atoms with Crippen molar-refractivity contribution in [3.63, 3.8) is 0 Å². The highest BCUT2D eigenvalue weighted by molar-refractivity contribution is 7.26. The summed E-state index contributed by atoms with van der Waals surface area (Å²) in [5.74, 6) is 0. The minimum absolute atomic E-state index is 1.11. The lowest BCUT2D eigenvalue weighted by Crippen LogP contribution is -2.11. The minimum Gasteiger partial charge on any atom is -0.310 e. The predicted molar refractivity (Wildman–Crippen MR) is 233 cm³/mol. The highest BCUT2D eigenvalue weighted by Crippen LogP contribution is 2.49. The van der Waals surface area contributed by atoms with Gasteiger partial charge in [0.15, 0.2) is 0 Å². The lowest BCUT2D eigenvalue weighted by Gasteiger charge is -2.29. The number of thiophene rings is 1. The molecule has 0 radical (unpaired) electrons. The van der Waals surface area contributed by atoms with Gasteiger partial charge in [-0.2, -0.15) is 0 Å². The number of benzene rings is 9. The van der Waals surface area contributed by atoms with E-state index < -0.39 is 0 Å². The first kappa shape index (κ1) is 32.0. The Kier molecular flexibility index (Phi) is 8.09. The van der Waals surface area contributed by atoms with E-state index in [-0.39, 0.29) is 0 Å². The van der Waals surface area contributed by atoms with Gasteiger partial charge in [-0.15, -0.1) is 11.3 Å². The van der Waals surface area contributed by atoms with Gasteiger partial charge in [-0.25, -0.2) is 0 Å². The second-order valence-electron chi connectivity index (χ2n) is 13.7. The molecule has 0 aliphatic carbocycles. The van der Waals surface area contributed by atoms with Crippen LogP contribution in [0.1, 0.15) is 0 Å². The van der Waals surface area contributed by atoms with Crippen LogP contribution in [0.5, 0.6) is 0 Å². The van der Waals surface area contributed by atoms with Crippen molar-refractivity contribution >= 4 is 59.3 Å². The van der Waals surface area contributed by atoms with Gasteiger partial charge in [0.1, 0.15) is 0 Å². The zero-order chi connectivity index (χ0) is 35.8. The summed E-state index contributed by atoms with van der Waals surface area (Å²) < 4.78 is 2.59. The number of rotatable bonds is 7. The normalized spacial score (nSPS) is 11.3. The van der Waals surface area contributed by atoms with Crippen molar-refractivity contribution in [2.75, 3.05) is 4.90 Å². The number of fused-ring (bicyclic) bond motifs is 4. The first-order chi connectivity index (χ1) is 26.8. The molecular weight excluding hydrogens is 671 g/mol. The van der Waals surface area contributed by atoms with E-state index in [1.807, 2.05) is 11.3 Å². The quantitative estimate of drug-likeness (QED) is 0.160. The van der Waals surface area contributed by atoms with Crippen molar-refractivity contribution in [1.82, 2.24) is 0 Å². The third-order valence-corrected chi connectivity index (χ3v) is 11.7. The van der Waals surface area contributed by atoms with Crippen LogP contribution < -0.4 is 4.90 Å². The van der Waals surface area contributed by atoms with Gasteiger partial charge >= 0.3 is 0 Å². The lowest BCUT2D eigenvalue weighted by atomic mass is 9.96. The Hall–Kier alpha value is -6.74. The van der Waals surface area contributed by atoms with Crippen molar-refractivity contribution < 1.29 is 0 Å². The molecule has 1 aromatic heterocycles. The van der Waals surface area contributed by atoms with Gasteiger partial charge in [0.05, 0.1) is 5.69 Å². The van der Waals surface area contributed by atoms with E-state index in [0.29, 0.717) is 0 Å². The maximum absolute atomic E-state index is 2.44. The lowest BCUT2D eigenvalue weighted by molar-refractivity contribution is 1.29. The summed E-state index contributed by atoms with van der Waals surface area (Å²) in [6, 6.07) is 77.1. The van der Waals surface area contributed by atoms with Crippen LogP contribution in [0.2, 0.25) is 0 Å². The maximum Gasteiger partial charge on any atom is 0.0554 e. The molecule has 0 spiro atoms. The average molecular weight is 706 g/mol. The Morgan fingerprint density at radius 3 is 1.48 bits per heavy atom. The molecule has 0 bridgehead atoms. The van der Waals surface area contributed by atoms with Crippen LogP contribution in [-0.2, 0) is 0 Å². The van der Waals surface area contributed by atoms with Gasteiger partial charge in [-0.3, -0.25) is 0 Å². The van der Waals surface area contributed by atoms with Crippen molar-refractivity contribution in [1.29, 1.82) is 0 Å². The molecule has 0 aliphatic heterocycles. The summed E-state index contributed by atoms with van der Waals surface area (Å²) in [5, 5.41) is 5.09. The Morgan fingerprint density at radius 1 is 0.315 bits per heavy atom. The molecule has 10 rings (SSSR count). The average Bonchev–Trinajstić information content (AvgIpc) is 3.63. The second-order valence-corrected chi connectivity index (χ2v) is 14.8. The number of anilines is 3. The summed E-state index contributed by atoms with van der Waals surface area (Å²) in [6.45, 7) is 0. The largest absolute Gasteiger partial charge is 0.310 e. The van der Waals surface area contributed by atoms with Gasteiger partial charge in [0, 0.05) is 37.1 Å². The standard InChI is InChI=1S/C52H35NS/c1-3-12-36(13-4-1)38-22-24-42(25-23-38)51-49(35-34-48-47-19-9-10-21-50(47)54-52(48)51)53(43-30-26-39(27-31-43)37-14-5-2-6-15-37)44-32-28-41(29-33-44)46-20-11-17-40-16-7-8-18-45(40)46/h1-35H. The fourth-order valence-corrected chi connectivity index (χ4v) is 9.10. The highest BCUT2D eigenvalue weighted by atomic mass is 32.1. The molecule has 1 heterocycles. The number of hydrogen-bond donors (Lipinski definition) is 0. The van der Waals surface area contributed by atoms with Crippen molar-refractivity contribution in [2.45, 2.75) is 0 Å². The summed E-state index contributed by atoms with van der Waals surface area (Å²) in [6.07, 6.45) is 0. The van der Waals surface area contributed by atoms with Crippen LogP contribution >= 0.6 is 11.3 Å². The minimum atomic E-state index is 1.11. The molecule has 0 aliphatic rings. The van der Waals surface area contributed by atoms with E-state index in [1.165, 1.54) is 75.5 Å². The molecule has 0 N–H and O–H groups in total. The van der Waals surface area contributed by atoms with E-state index in [1.54, 1.807) is 0 Å². The monoisotopic (exact) mass is 705 g/mol. The van der Waals surface area contributed by atoms with Crippen LogP contribution in [0.25, 0.3) is 75.5 Å². The molecule has 1 nitrogen and oxygen atoms in total. The number of nitrogens with zero attached hydrogens (tertiary/aromatic N) is 1.